The third-order valence-corrected chi connectivity index (χ3v) is 6.61. The predicted molar refractivity (Wildman–Crippen MR) is 88.2 cm³/mol. The third-order valence-electron chi connectivity index (χ3n) is 5.21. The number of carbonyl (C=O) groups excluding carboxylic acids is 1. The first kappa shape index (κ1) is 17.4. The third kappa shape index (κ3) is 3.10. The van der Waals surface area contributed by atoms with Crippen LogP contribution in [0.3, 0.4) is 0 Å². The van der Waals surface area contributed by atoms with Crippen molar-refractivity contribution in [1.29, 1.82) is 0 Å². The molecule has 1 aromatic rings. The van der Waals surface area contributed by atoms with Gasteiger partial charge < -0.3 is 14.1 Å². The number of hydrogen-bond donors (Lipinski definition) is 0. The van der Waals surface area contributed by atoms with Crippen LogP contribution in [0, 0.1) is 0 Å². The molecule has 2 aliphatic rings. The van der Waals surface area contributed by atoms with Gasteiger partial charge in [0.2, 0.25) is 10.0 Å². The molecular weight excluding hydrogens is 332 g/mol. The van der Waals surface area contributed by atoms with Crippen LogP contribution in [0.1, 0.15) is 36.0 Å². The fourth-order valence-electron chi connectivity index (χ4n) is 4.18. The summed E-state index contributed by atoms with van der Waals surface area (Å²) in [6.07, 6.45) is 7.13. The lowest BCUT2D eigenvalue weighted by atomic mass is 9.86. The molecule has 7 nitrogen and oxygen atoms in total. The minimum absolute atomic E-state index is 0.0593. The Labute approximate surface area is 142 Å². The fraction of sp³-hybridized carbons (Fsp3) is 0.688. The zero-order valence-corrected chi connectivity index (χ0v) is 14.9. The number of methoxy groups -OCH3 is 1. The van der Waals surface area contributed by atoms with Gasteiger partial charge in [-0.05, 0) is 31.7 Å². The molecule has 0 N–H and O–H groups in total. The number of rotatable bonds is 4. The molecule has 0 unspecified atom stereocenters. The van der Waals surface area contributed by atoms with Crippen LogP contribution in [-0.4, -0.2) is 68.2 Å². The van der Waals surface area contributed by atoms with E-state index in [2.05, 4.69) is 0 Å². The van der Waals surface area contributed by atoms with Crippen LogP contribution in [0.4, 0.5) is 0 Å². The molecule has 2 fully saturated rings. The summed E-state index contributed by atoms with van der Waals surface area (Å²) in [6.45, 7) is 1.51. The predicted octanol–water partition coefficient (Wildman–Crippen LogP) is 1.32. The topological polar surface area (TPSA) is 80.1 Å². The second-order valence-corrected chi connectivity index (χ2v) is 8.59. The summed E-state index contributed by atoms with van der Waals surface area (Å²) in [6, 6.07) is 1.54. The fourth-order valence-corrected chi connectivity index (χ4v) is 5.87. The van der Waals surface area contributed by atoms with E-state index in [1.54, 1.807) is 22.4 Å². The summed E-state index contributed by atoms with van der Waals surface area (Å²) in [4.78, 5) is 14.2. The normalized spacial score (nSPS) is 24.6. The molecule has 24 heavy (non-hydrogen) atoms. The lowest BCUT2D eigenvalue weighted by Crippen LogP contribution is -2.57. The standard InChI is InChI=1S/C16H24N2O5S/c1-22-12-14-3-5-16(18(14)24(2,20)21)6-8-17(9-7-16)15(19)13-4-10-23-11-13/h4,10-11,14H,3,5-9,12H2,1-2H3/t14-/m0/s1. The van der Waals surface area contributed by atoms with Crippen LogP contribution in [0.15, 0.2) is 23.0 Å². The highest BCUT2D eigenvalue weighted by Crippen LogP contribution is 2.43. The first-order valence-electron chi connectivity index (χ1n) is 8.17. The maximum absolute atomic E-state index is 12.4. The van der Waals surface area contributed by atoms with Gasteiger partial charge in [0.15, 0.2) is 0 Å². The van der Waals surface area contributed by atoms with E-state index >= 15 is 0 Å². The zero-order chi connectivity index (χ0) is 17.4. The van der Waals surface area contributed by atoms with E-state index in [0.717, 1.165) is 12.8 Å². The average Bonchev–Trinajstić information content (AvgIpc) is 3.16. The van der Waals surface area contributed by atoms with Gasteiger partial charge in [0.25, 0.3) is 5.91 Å². The van der Waals surface area contributed by atoms with Gasteiger partial charge in [-0.15, -0.1) is 0 Å². The quantitative estimate of drug-likeness (QED) is 0.813. The van der Waals surface area contributed by atoms with Crippen molar-refractivity contribution in [2.75, 3.05) is 33.1 Å². The van der Waals surface area contributed by atoms with Crippen molar-refractivity contribution >= 4 is 15.9 Å². The van der Waals surface area contributed by atoms with Gasteiger partial charge in [-0.2, -0.15) is 4.31 Å². The maximum Gasteiger partial charge on any atom is 0.257 e. The molecule has 1 atom stereocenters. The Kier molecular flexibility index (Phi) is 4.72. The molecule has 8 heteroatoms. The summed E-state index contributed by atoms with van der Waals surface area (Å²) in [5.74, 6) is -0.0593. The van der Waals surface area contributed by atoms with Crippen molar-refractivity contribution in [3.8, 4) is 0 Å². The molecule has 1 aromatic heterocycles. The summed E-state index contributed by atoms with van der Waals surface area (Å²) >= 11 is 0. The Balaban J connectivity index is 1.75. The Morgan fingerprint density at radius 3 is 2.62 bits per heavy atom. The molecule has 2 saturated heterocycles. The van der Waals surface area contributed by atoms with Crippen LogP contribution < -0.4 is 0 Å². The maximum atomic E-state index is 12.4. The van der Waals surface area contributed by atoms with Gasteiger partial charge in [-0.25, -0.2) is 8.42 Å². The molecule has 1 amide bonds. The van der Waals surface area contributed by atoms with Gasteiger partial charge >= 0.3 is 0 Å². The number of hydrogen-bond acceptors (Lipinski definition) is 5. The Morgan fingerprint density at radius 1 is 1.38 bits per heavy atom. The van der Waals surface area contributed by atoms with Crippen LogP contribution in [-0.2, 0) is 14.8 Å². The highest BCUT2D eigenvalue weighted by atomic mass is 32.2. The van der Waals surface area contributed by atoms with Crippen LogP contribution in [0.5, 0.6) is 0 Å². The minimum Gasteiger partial charge on any atom is -0.472 e. The monoisotopic (exact) mass is 356 g/mol. The van der Waals surface area contributed by atoms with Crippen molar-refractivity contribution in [1.82, 2.24) is 9.21 Å². The summed E-state index contributed by atoms with van der Waals surface area (Å²) in [5, 5.41) is 0. The van der Waals surface area contributed by atoms with E-state index in [0.29, 0.717) is 38.1 Å². The van der Waals surface area contributed by atoms with E-state index in [-0.39, 0.29) is 17.5 Å². The average molecular weight is 356 g/mol. The number of carbonyl (C=O) groups is 1. The SMILES string of the molecule is COC[C@@H]1CCC2(CCN(C(=O)c3ccoc3)CC2)N1S(C)(=O)=O. The highest BCUT2D eigenvalue weighted by molar-refractivity contribution is 7.88. The molecule has 0 aromatic carbocycles. The number of likely N-dealkylation sites (tertiary alicyclic amines) is 1. The van der Waals surface area contributed by atoms with Crippen molar-refractivity contribution < 1.29 is 22.4 Å². The number of furan rings is 1. The van der Waals surface area contributed by atoms with Crippen molar-refractivity contribution in [2.45, 2.75) is 37.3 Å². The number of ether oxygens (including phenoxy) is 1. The molecular formula is C16H24N2O5S. The van der Waals surface area contributed by atoms with E-state index in [9.17, 15) is 13.2 Å². The summed E-state index contributed by atoms with van der Waals surface area (Å²) in [5.41, 5.74) is 0.152. The second kappa shape index (κ2) is 6.50. The van der Waals surface area contributed by atoms with Gasteiger partial charge in [0.1, 0.15) is 6.26 Å². The van der Waals surface area contributed by atoms with E-state index in [1.165, 1.54) is 18.8 Å². The van der Waals surface area contributed by atoms with Gasteiger partial charge in [-0.3, -0.25) is 4.79 Å². The smallest absolute Gasteiger partial charge is 0.257 e. The van der Waals surface area contributed by atoms with E-state index < -0.39 is 10.0 Å². The number of sulfonamides is 1. The lowest BCUT2D eigenvalue weighted by Gasteiger charge is -2.45. The number of nitrogens with zero attached hydrogens (tertiary/aromatic N) is 2. The number of amides is 1. The summed E-state index contributed by atoms with van der Waals surface area (Å²) in [7, 11) is -1.73. The lowest BCUT2D eigenvalue weighted by molar-refractivity contribution is 0.0504. The van der Waals surface area contributed by atoms with Crippen LogP contribution in [0.2, 0.25) is 0 Å². The van der Waals surface area contributed by atoms with Crippen molar-refractivity contribution in [3.05, 3.63) is 24.2 Å². The molecule has 0 bridgehead atoms. The van der Waals surface area contributed by atoms with Crippen LogP contribution in [0.25, 0.3) is 0 Å². The van der Waals surface area contributed by atoms with Gasteiger partial charge in [-0.1, -0.05) is 0 Å². The van der Waals surface area contributed by atoms with Crippen molar-refractivity contribution in [2.24, 2.45) is 0 Å². The second-order valence-electron chi connectivity index (χ2n) is 6.74. The molecule has 3 heterocycles. The minimum atomic E-state index is -3.33. The number of piperidine rings is 1. The first-order valence-corrected chi connectivity index (χ1v) is 10.0. The molecule has 3 rings (SSSR count). The molecule has 0 aliphatic carbocycles. The molecule has 134 valence electrons. The van der Waals surface area contributed by atoms with E-state index in [4.69, 9.17) is 9.15 Å². The first-order chi connectivity index (χ1) is 11.4. The summed E-state index contributed by atoms with van der Waals surface area (Å²) < 4.78 is 36.6. The Bertz CT molecular complexity index is 677. The highest BCUT2D eigenvalue weighted by Gasteiger charge is 2.52. The van der Waals surface area contributed by atoms with Crippen molar-refractivity contribution in [3.63, 3.8) is 0 Å². The Morgan fingerprint density at radius 2 is 2.08 bits per heavy atom. The molecule has 0 radical (unpaired) electrons. The largest absolute Gasteiger partial charge is 0.472 e. The van der Waals surface area contributed by atoms with Crippen LogP contribution >= 0.6 is 0 Å². The molecule has 2 aliphatic heterocycles. The Hall–Kier alpha value is -1.38. The van der Waals surface area contributed by atoms with Gasteiger partial charge in [0.05, 0.1) is 24.7 Å². The molecule has 1 spiro atoms. The van der Waals surface area contributed by atoms with E-state index in [1.807, 2.05) is 0 Å². The zero-order valence-electron chi connectivity index (χ0n) is 14.1. The molecule has 0 saturated carbocycles. The van der Waals surface area contributed by atoms with Gasteiger partial charge in [0, 0.05) is 31.8 Å².